The molecular weight excluding hydrogens is 305 g/mol. The summed E-state index contributed by atoms with van der Waals surface area (Å²) in [7, 11) is -3.47. The van der Waals surface area contributed by atoms with Crippen LogP contribution in [0.4, 0.5) is 0 Å². The molecule has 0 fully saturated rings. The van der Waals surface area contributed by atoms with Gasteiger partial charge in [0.2, 0.25) is 0 Å². The predicted octanol–water partition coefficient (Wildman–Crippen LogP) is 4.10. The molecule has 1 aromatic carbocycles. The van der Waals surface area contributed by atoms with Gasteiger partial charge in [-0.15, -0.1) is 0 Å². The highest BCUT2D eigenvalue weighted by Gasteiger charge is 2.21. The van der Waals surface area contributed by atoms with Crippen molar-refractivity contribution in [3.63, 3.8) is 0 Å². The molecule has 0 heterocycles. The molecule has 0 unspecified atom stereocenters. The quantitative estimate of drug-likeness (QED) is 0.821. The van der Waals surface area contributed by atoms with Crippen LogP contribution in [0.5, 0.6) is 0 Å². The Morgan fingerprint density at radius 2 is 1.95 bits per heavy atom. The number of nitrogens with zero attached hydrogens (tertiary/aromatic N) is 1. The van der Waals surface area contributed by atoms with E-state index in [9.17, 15) is 8.42 Å². The highest BCUT2D eigenvalue weighted by molar-refractivity contribution is 7.91. The molecule has 0 atom stereocenters. The molecule has 0 spiro atoms. The number of nitriles is 1. The van der Waals surface area contributed by atoms with E-state index < -0.39 is 15.3 Å². The fourth-order valence-corrected chi connectivity index (χ4v) is 3.71. The number of sulfone groups is 1. The van der Waals surface area contributed by atoms with Crippen molar-refractivity contribution in [3.05, 3.63) is 28.2 Å². The van der Waals surface area contributed by atoms with Crippen molar-refractivity contribution < 1.29 is 8.42 Å². The molecule has 0 saturated carbocycles. The zero-order valence-electron chi connectivity index (χ0n) is 10.8. The Bertz CT molecular complexity index is 604. The fraction of sp³-hybridized carbons (Fsp3) is 0.462. The van der Waals surface area contributed by atoms with Crippen LogP contribution in [0.2, 0.25) is 10.0 Å². The lowest BCUT2D eigenvalue weighted by atomic mass is 9.90. The molecule has 3 nitrogen and oxygen atoms in total. The summed E-state index contributed by atoms with van der Waals surface area (Å²) >= 11 is 11.7. The van der Waals surface area contributed by atoms with E-state index in [0.29, 0.717) is 17.9 Å². The molecule has 104 valence electrons. The molecule has 0 aromatic heterocycles. The molecule has 0 amide bonds. The summed E-state index contributed by atoms with van der Waals surface area (Å²) in [6.45, 7) is 3.57. The maximum absolute atomic E-state index is 12.2. The van der Waals surface area contributed by atoms with E-state index in [4.69, 9.17) is 28.5 Å². The summed E-state index contributed by atoms with van der Waals surface area (Å²) in [5.74, 6) is -0.0435. The van der Waals surface area contributed by atoms with Crippen molar-refractivity contribution in [2.75, 3.05) is 5.75 Å². The zero-order valence-corrected chi connectivity index (χ0v) is 13.1. The van der Waals surface area contributed by atoms with E-state index >= 15 is 0 Å². The number of rotatable bonds is 5. The molecule has 1 aromatic rings. The molecule has 0 aliphatic carbocycles. The Balaban J connectivity index is 2.83. The Morgan fingerprint density at radius 1 is 1.32 bits per heavy atom. The molecule has 0 radical (unpaired) electrons. The summed E-state index contributed by atoms with van der Waals surface area (Å²) in [6.07, 6.45) is 0.923. The van der Waals surface area contributed by atoms with E-state index in [2.05, 4.69) is 6.07 Å². The largest absolute Gasteiger partial charge is 0.224 e. The van der Waals surface area contributed by atoms with Crippen molar-refractivity contribution in [1.82, 2.24) is 0 Å². The van der Waals surface area contributed by atoms with Gasteiger partial charge in [0.1, 0.15) is 0 Å². The Morgan fingerprint density at radius 3 is 2.53 bits per heavy atom. The average Bonchev–Trinajstić information content (AvgIpc) is 2.31. The van der Waals surface area contributed by atoms with Crippen LogP contribution in [0.15, 0.2) is 23.1 Å². The van der Waals surface area contributed by atoms with Crippen LogP contribution in [0.25, 0.3) is 0 Å². The fourth-order valence-electron chi connectivity index (χ4n) is 1.59. The molecule has 0 aliphatic rings. The summed E-state index contributed by atoms with van der Waals surface area (Å²) in [4.78, 5) is 0.0523. The Labute approximate surface area is 124 Å². The molecule has 0 bridgehead atoms. The van der Waals surface area contributed by atoms with Gasteiger partial charge >= 0.3 is 0 Å². The van der Waals surface area contributed by atoms with Crippen LogP contribution in [0.3, 0.4) is 0 Å². The van der Waals surface area contributed by atoms with Crippen LogP contribution >= 0.6 is 23.2 Å². The number of benzene rings is 1. The first kappa shape index (κ1) is 16.3. The zero-order chi connectivity index (χ0) is 14.7. The van der Waals surface area contributed by atoms with Crippen molar-refractivity contribution >= 4 is 33.0 Å². The Kier molecular flexibility index (Phi) is 5.26. The van der Waals surface area contributed by atoms with E-state index in [1.807, 2.05) is 0 Å². The van der Waals surface area contributed by atoms with Gasteiger partial charge in [-0.3, -0.25) is 0 Å². The second kappa shape index (κ2) is 6.13. The SMILES string of the molecule is CC(C)(C#N)CCCS(=O)(=O)c1cc(Cl)ccc1Cl. The lowest BCUT2D eigenvalue weighted by molar-refractivity contribution is 0.445. The van der Waals surface area contributed by atoms with Crippen LogP contribution < -0.4 is 0 Å². The molecular formula is C13H15Cl2NO2S. The first-order valence-electron chi connectivity index (χ1n) is 5.77. The average molecular weight is 320 g/mol. The van der Waals surface area contributed by atoms with Gasteiger partial charge in [-0.25, -0.2) is 8.42 Å². The smallest absolute Gasteiger partial charge is 0.179 e. The second-order valence-electron chi connectivity index (χ2n) is 4.99. The standard InChI is InChI=1S/C13H15Cl2NO2S/c1-13(2,9-16)6-3-7-19(17,18)12-8-10(14)4-5-11(12)15/h4-5,8H,3,6-7H2,1-2H3. The number of halogens is 2. The van der Waals surface area contributed by atoms with E-state index in [1.165, 1.54) is 12.1 Å². The van der Waals surface area contributed by atoms with E-state index in [1.54, 1.807) is 19.9 Å². The Hall–Kier alpha value is -0.760. The van der Waals surface area contributed by atoms with Crippen LogP contribution in [0, 0.1) is 16.7 Å². The van der Waals surface area contributed by atoms with Crippen molar-refractivity contribution in [2.45, 2.75) is 31.6 Å². The normalized spacial score (nSPS) is 12.2. The first-order chi connectivity index (χ1) is 8.68. The minimum atomic E-state index is -3.47. The van der Waals surface area contributed by atoms with Gasteiger partial charge in [-0.1, -0.05) is 23.2 Å². The molecule has 19 heavy (non-hydrogen) atoms. The van der Waals surface area contributed by atoms with Gasteiger partial charge in [0.15, 0.2) is 9.84 Å². The third kappa shape index (κ3) is 4.68. The second-order valence-corrected chi connectivity index (χ2v) is 7.91. The maximum Gasteiger partial charge on any atom is 0.179 e. The third-order valence-electron chi connectivity index (χ3n) is 2.75. The number of hydrogen-bond donors (Lipinski definition) is 0. The highest BCUT2D eigenvalue weighted by Crippen LogP contribution is 2.28. The van der Waals surface area contributed by atoms with Gasteiger partial charge in [0.05, 0.1) is 27.2 Å². The van der Waals surface area contributed by atoms with E-state index in [0.717, 1.165) is 0 Å². The number of hydrogen-bond acceptors (Lipinski definition) is 3. The van der Waals surface area contributed by atoms with Crippen molar-refractivity contribution in [2.24, 2.45) is 5.41 Å². The minimum absolute atomic E-state index is 0.0435. The predicted molar refractivity (Wildman–Crippen MR) is 77.1 cm³/mol. The van der Waals surface area contributed by atoms with Gasteiger partial charge in [-0.05, 0) is 44.9 Å². The molecule has 0 saturated heterocycles. The molecule has 6 heteroatoms. The van der Waals surface area contributed by atoms with Crippen molar-refractivity contribution in [1.29, 1.82) is 5.26 Å². The van der Waals surface area contributed by atoms with Gasteiger partial charge in [0.25, 0.3) is 0 Å². The van der Waals surface area contributed by atoms with Crippen LogP contribution in [0.1, 0.15) is 26.7 Å². The van der Waals surface area contributed by atoms with Crippen LogP contribution in [-0.2, 0) is 9.84 Å². The van der Waals surface area contributed by atoms with Crippen molar-refractivity contribution in [3.8, 4) is 6.07 Å². The first-order valence-corrected chi connectivity index (χ1v) is 8.18. The third-order valence-corrected chi connectivity index (χ3v) is 5.26. The monoisotopic (exact) mass is 319 g/mol. The van der Waals surface area contributed by atoms with Gasteiger partial charge < -0.3 is 0 Å². The summed E-state index contributed by atoms with van der Waals surface area (Å²) in [5, 5.41) is 9.39. The highest BCUT2D eigenvalue weighted by atomic mass is 35.5. The lowest BCUT2D eigenvalue weighted by Crippen LogP contribution is -2.13. The lowest BCUT2D eigenvalue weighted by Gasteiger charge is -2.14. The summed E-state index contributed by atoms with van der Waals surface area (Å²) in [6, 6.07) is 6.51. The summed E-state index contributed by atoms with van der Waals surface area (Å²) in [5.41, 5.74) is -0.520. The topological polar surface area (TPSA) is 57.9 Å². The maximum atomic E-state index is 12.2. The van der Waals surface area contributed by atoms with E-state index in [-0.39, 0.29) is 15.7 Å². The minimum Gasteiger partial charge on any atom is -0.224 e. The van der Waals surface area contributed by atoms with Gasteiger partial charge in [0, 0.05) is 5.02 Å². The van der Waals surface area contributed by atoms with Gasteiger partial charge in [-0.2, -0.15) is 5.26 Å². The molecule has 1 rings (SSSR count). The molecule has 0 aliphatic heterocycles. The molecule has 0 N–H and O–H groups in total. The van der Waals surface area contributed by atoms with Crippen LogP contribution in [-0.4, -0.2) is 14.2 Å². The summed E-state index contributed by atoms with van der Waals surface area (Å²) < 4.78 is 24.3.